The molecule has 0 aromatic carbocycles. The van der Waals surface area contributed by atoms with Gasteiger partial charge in [-0.05, 0) is 57.8 Å². The third kappa shape index (κ3) is 59.4. The molecule has 3 N–H and O–H groups in total. The van der Waals surface area contributed by atoms with Crippen molar-refractivity contribution in [2.24, 2.45) is 0 Å². The summed E-state index contributed by atoms with van der Waals surface area (Å²) in [6, 6.07) is -0.550. The SMILES string of the molecule is CCCCC/C=C\C/C=C\CCCCCCCCCC(=O)OCCCCCCCCCCCCCCCCCC(=O)NC(CO)C(O)CCCCCCCCCCCCCCCCCCCCCCCCCC. The molecule has 6 heteroatoms. The number of hydrogen-bond acceptors (Lipinski definition) is 5. The first-order valence-corrected chi connectivity index (χ1v) is 33.1. The Morgan fingerprint density at radius 1 is 0.384 bits per heavy atom. The number of aliphatic hydroxyl groups is 2. The molecule has 0 saturated heterocycles. The highest BCUT2D eigenvalue weighted by atomic mass is 16.5. The van der Waals surface area contributed by atoms with E-state index in [0.29, 0.717) is 25.9 Å². The minimum atomic E-state index is -0.672. The van der Waals surface area contributed by atoms with E-state index in [4.69, 9.17) is 4.74 Å². The molecule has 0 heterocycles. The van der Waals surface area contributed by atoms with Crippen LogP contribution in [0.4, 0.5) is 0 Å². The molecule has 0 aliphatic rings. The second-order valence-corrected chi connectivity index (χ2v) is 22.8. The largest absolute Gasteiger partial charge is 0.466 e. The average molecular weight is 1030 g/mol. The summed E-state index contributed by atoms with van der Waals surface area (Å²) in [4.78, 5) is 24.6. The molecule has 0 radical (unpaired) electrons. The molecule has 2 unspecified atom stereocenters. The Bertz CT molecular complexity index is 1140. The number of aliphatic hydroxyl groups excluding tert-OH is 2. The summed E-state index contributed by atoms with van der Waals surface area (Å²) in [6.07, 6.45) is 77.6. The van der Waals surface area contributed by atoms with Crippen molar-refractivity contribution in [1.29, 1.82) is 0 Å². The number of nitrogens with one attached hydrogen (secondary N) is 1. The topological polar surface area (TPSA) is 95.9 Å². The second-order valence-electron chi connectivity index (χ2n) is 22.8. The van der Waals surface area contributed by atoms with Crippen molar-refractivity contribution in [3.8, 4) is 0 Å². The Kier molecular flexibility index (Phi) is 61.4. The van der Waals surface area contributed by atoms with Gasteiger partial charge >= 0.3 is 5.97 Å². The summed E-state index contributed by atoms with van der Waals surface area (Å²) in [5.74, 6) is -0.0455. The summed E-state index contributed by atoms with van der Waals surface area (Å²) in [5, 5.41) is 23.4. The molecule has 1 amide bonds. The van der Waals surface area contributed by atoms with Crippen molar-refractivity contribution in [2.75, 3.05) is 13.2 Å². The summed E-state index contributed by atoms with van der Waals surface area (Å²) in [7, 11) is 0. The van der Waals surface area contributed by atoms with Gasteiger partial charge in [-0.2, -0.15) is 0 Å². The van der Waals surface area contributed by atoms with Crippen LogP contribution in [0, 0.1) is 0 Å². The molecule has 0 rings (SSSR count). The molecule has 0 saturated carbocycles. The quantitative estimate of drug-likeness (QED) is 0.0320. The Hall–Kier alpha value is -1.66. The van der Waals surface area contributed by atoms with Crippen LogP contribution in [-0.2, 0) is 14.3 Å². The molecule has 0 aliphatic carbocycles. The van der Waals surface area contributed by atoms with E-state index in [1.165, 1.54) is 276 Å². The van der Waals surface area contributed by atoms with Crippen molar-refractivity contribution >= 4 is 11.9 Å². The fourth-order valence-electron chi connectivity index (χ4n) is 10.4. The molecular formula is C67H129NO5. The van der Waals surface area contributed by atoms with Gasteiger partial charge in [0.2, 0.25) is 5.91 Å². The standard InChI is InChI=1S/C67H129NO5/c1-3-5-7-9-11-13-15-17-19-21-22-23-24-25-26-27-29-31-35-39-43-47-51-55-59-65(70)64(63-69)68-66(71)60-56-52-48-44-40-36-32-30-34-38-42-46-50-54-58-62-73-67(72)61-57-53-49-45-41-37-33-28-20-18-16-14-12-10-8-6-4-2/h12,14,18,20,64-65,69-70H,3-11,13,15-17,19,21-63H2,1-2H3,(H,68,71)/b14-12-,20-18-. The minimum absolute atomic E-state index is 0.00587. The lowest BCUT2D eigenvalue weighted by Gasteiger charge is -2.22. The zero-order chi connectivity index (χ0) is 52.9. The maximum Gasteiger partial charge on any atom is 0.305 e. The molecule has 0 bridgehead atoms. The van der Waals surface area contributed by atoms with Crippen molar-refractivity contribution < 1.29 is 24.5 Å². The molecule has 0 spiro atoms. The van der Waals surface area contributed by atoms with E-state index in [9.17, 15) is 19.8 Å². The monoisotopic (exact) mass is 1030 g/mol. The van der Waals surface area contributed by atoms with Gasteiger partial charge in [-0.15, -0.1) is 0 Å². The normalized spacial score (nSPS) is 12.7. The predicted molar refractivity (Wildman–Crippen MR) is 320 cm³/mol. The van der Waals surface area contributed by atoms with Crippen LogP contribution in [0.25, 0.3) is 0 Å². The fourth-order valence-corrected chi connectivity index (χ4v) is 10.4. The number of esters is 1. The number of hydrogen-bond donors (Lipinski definition) is 3. The second kappa shape index (κ2) is 62.9. The Morgan fingerprint density at radius 2 is 0.685 bits per heavy atom. The molecular weight excluding hydrogens is 899 g/mol. The average Bonchev–Trinajstić information content (AvgIpc) is 3.39. The van der Waals surface area contributed by atoms with Gasteiger partial charge in [-0.1, -0.05) is 321 Å². The van der Waals surface area contributed by atoms with Crippen LogP contribution >= 0.6 is 0 Å². The Morgan fingerprint density at radius 3 is 1.07 bits per heavy atom. The summed E-state index contributed by atoms with van der Waals surface area (Å²) >= 11 is 0. The predicted octanol–water partition coefficient (Wildman–Crippen LogP) is 21.0. The maximum atomic E-state index is 12.5. The Labute approximate surface area is 456 Å². The summed E-state index contributed by atoms with van der Waals surface area (Å²) in [6.45, 7) is 4.94. The van der Waals surface area contributed by atoms with Gasteiger partial charge < -0.3 is 20.3 Å². The van der Waals surface area contributed by atoms with E-state index in [1.807, 2.05) is 0 Å². The van der Waals surface area contributed by atoms with Gasteiger partial charge in [0.25, 0.3) is 0 Å². The summed E-state index contributed by atoms with van der Waals surface area (Å²) in [5.41, 5.74) is 0. The molecule has 6 nitrogen and oxygen atoms in total. The zero-order valence-electron chi connectivity index (χ0n) is 49.4. The van der Waals surface area contributed by atoms with Gasteiger partial charge in [0.1, 0.15) is 0 Å². The lowest BCUT2D eigenvalue weighted by molar-refractivity contribution is -0.143. The van der Waals surface area contributed by atoms with Crippen LogP contribution < -0.4 is 5.32 Å². The number of allylic oxidation sites excluding steroid dienone is 4. The molecule has 0 aromatic rings. The smallest absolute Gasteiger partial charge is 0.305 e. The number of unbranched alkanes of at least 4 members (excludes halogenated alkanes) is 47. The third-order valence-electron chi connectivity index (χ3n) is 15.5. The lowest BCUT2D eigenvalue weighted by Crippen LogP contribution is -2.45. The number of carbonyl (C=O) groups is 2. The van der Waals surface area contributed by atoms with E-state index in [-0.39, 0.29) is 18.5 Å². The number of rotatable bonds is 62. The molecule has 2 atom stereocenters. The van der Waals surface area contributed by atoms with Gasteiger partial charge in [0, 0.05) is 12.8 Å². The van der Waals surface area contributed by atoms with Gasteiger partial charge in [-0.25, -0.2) is 0 Å². The third-order valence-corrected chi connectivity index (χ3v) is 15.5. The first-order chi connectivity index (χ1) is 36.0. The van der Waals surface area contributed by atoms with Crippen molar-refractivity contribution in [1.82, 2.24) is 5.32 Å². The molecule has 0 aliphatic heterocycles. The first kappa shape index (κ1) is 71.3. The summed E-state index contributed by atoms with van der Waals surface area (Å²) < 4.78 is 5.49. The van der Waals surface area contributed by atoms with Crippen LogP contribution in [0.1, 0.15) is 367 Å². The first-order valence-electron chi connectivity index (χ1n) is 33.1. The van der Waals surface area contributed by atoms with Crippen molar-refractivity contribution in [3.05, 3.63) is 24.3 Å². The molecule has 0 fully saturated rings. The minimum Gasteiger partial charge on any atom is -0.466 e. The van der Waals surface area contributed by atoms with Crippen LogP contribution in [0.2, 0.25) is 0 Å². The number of carbonyl (C=O) groups excluding carboxylic acids is 2. The van der Waals surface area contributed by atoms with E-state index in [0.717, 1.165) is 57.8 Å². The number of amides is 1. The zero-order valence-corrected chi connectivity index (χ0v) is 49.4. The highest BCUT2D eigenvalue weighted by Gasteiger charge is 2.20. The Balaban J connectivity index is 3.42. The van der Waals surface area contributed by atoms with Crippen LogP contribution in [-0.4, -0.2) is 47.4 Å². The molecule has 432 valence electrons. The van der Waals surface area contributed by atoms with E-state index in [2.05, 4.69) is 43.5 Å². The van der Waals surface area contributed by atoms with Crippen LogP contribution in [0.15, 0.2) is 24.3 Å². The molecule has 73 heavy (non-hydrogen) atoms. The van der Waals surface area contributed by atoms with Crippen LogP contribution in [0.3, 0.4) is 0 Å². The van der Waals surface area contributed by atoms with E-state index in [1.54, 1.807) is 0 Å². The van der Waals surface area contributed by atoms with E-state index >= 15 is 0 Å². The van der Waals surface area contributed by atoms with Gasteiger partial charge in [-0.3, -0.25) is 9.59 Å². The van der Waals surface area contributed by atoms with Crippen LogP contribution in [0.5, 0.6) is 0 Å². The number of ether oxygens (including phenoxy) is 1. The van der Waals surface area contributed by atoms with Crippen molar-refractivity contribution in [3.63, 3.8) is 0 Å². The van der Waals surface area contributed by atoms with E-state index < -0.39 is 12.1 Å². The highest BCUT2D eigenvalue weighted by molar-refractivity contribution is 5.76. The fraction of sp³-hybridized carbons (Fsp3) is 0.910. The lowest BCUT2D eigenvalue weighted by atomic mass is 10.0. The van der Waals surface area contributed by atoms with Gasteiger partial charge in [0.05, 0.1) is 25.4 Å². The maximum absolute atomic E-state index is 12.5. The van der Waals surface area contributed by atoms with Crippen molar-refractivity contribution in [2.45, 2.75) is 379 Å². The highest BCUT2D eigenvalue weighted by Crippen LogP contribution is 2.18. The van der Waals surface area contributed by atoms with Gasteiger partial charge in [0.15, 0.2) is 0 Å². The molecule has 0 aromatic heterocycles.